The number of nitrogens with two attached hydrogens (primary N) is 1. The van der Waals surface area contributed by atoms with Gasteiger partial charge < -0.3 is 20.6 Å². The molecule has 0 bridgehead atoms. The largest absolute Gasteiger partial charge is 0.393 e. The van der Waals surface area contributed by atoms with Crippen LogP contribution in [0.15, 0.2) is 12.2 Å². The van der Waals surface area contributed by atoms with Gasteiger partial charge in [0.05, 0.1) is 6.61 Å². The van der Waals surface area contributed by atoms with Gasteiger partial charge in [-0.2, -0.15) is 0 Å². The zero-order valence-electron chi connectivity index (χ0n) is 11.1. The van der Waals surface area contributed by atoms with Gasteiger partial charge in [0.1, 0.15) is 0 Å². The van der Waals surface area contributed by atoms with Gasteiger partial charge >= 0.3 is 7.60 Å². The number of aliphatic hydroxyl groups excluding tert-OH is 1. The molecule has 0 saturated carbocycles. The van der Waals surface area contributed by atoms with Crippen molar-refractivity contribution < 1.29 is 19.5 Å². The first-order valence-electron chi connectivity index (χ1n) is 6.50. The van der Waals surface area contributed by atoms with Crippen LogP contribution in [0.5, 0.6) is 0 Å². The third-order valence-electron chi connectivity index (χ3n) is 2.93. The number of hydrogen-bond donors (Lipinski definition) is 4. The minimum absolute atomic E-state index is 0.727. The summed E-state index contributed by atoms with van der Waals surface area (Å²) in [6, 6.07) is 0. The summed E-state index contributed by atoms with van der Waals surface area (Å²) in [6.07, 6.45) is 10.6. The van der Waals surface area contributed by atoms with Crippen molar-refractivity contribution in [3.8, 4) is 0 Å². The predicted octanol–water partition coefficient (Wildman–Crippen LogP) is 2.12. The fraction of sp³-hybridized carbons (Fsp3) is 0.833. The molecule has 18 heavy (non-hydrogen) atoms. The van der Waals surface area contributed by atoms with Crippen LogP contribution in [0.1, 0.15) is 51.9 Å². The Balaban J connectivity index is 3.90. The fourth-order valence-corrected chi connectivity index (χ4v) is 2.06. The summed E-state index contributed by atoms with van der Waals surface area (Å²) in [5.74, 6) is 0. The summed E-state index contributed by atoms with van der Waals surface area (Å²) in [5, 5.41) is 7.02. The van der Waals surface area contributed by atoms with Gasteiger partial charge in [0.2, 0.25) is 0 Å². The van der Waals surface area contributed by atoms with Crippen LogP contribution >= 0.6 is 7.60 Å². The molecule has 0 aliphatic heterocycles. The van der Waals surface area contributed by atoms with Crippen LogP contribution in [0.25, 0.3) is 0 Å². The Kier molecular flexibility index (Phi) is 8.74. The second-order valence-corrected chi connectivity index (χ2v) is 6.57. The minimum atomic E-state index is -4.52. The van der Waals surface area contributed by atoms with Crippen molar-refractivity contribution >= 4 is 7.60 Å². The number of aliphatic hydroxyl groups is 1. The molecule has 0 radical (unpaired) electrons. The van der Waals surface area contributed by atoms with Gasteiger partial charge in [0.25, 0.3) is 0 Å². The average molecular weight is 279 g/mol. The fourth-order valence-electron chi connectivity index (χ4n) is 1.57. The van der Waals surface area contributed by atoms with E-state index in [1.807, 2.05) is 0 Å². The molecule has 108 valence electrons. The van der Waals surface area contributed by atoms with Gasteiger partial charge in [-0.05, 0) is 12.8 Å². The van der Waals surface area contributed by atoms with Crippen molar-refractivity contribution in [3.05, 3.63) is 12.2 Å². The summed E-state index contributed by atoms with van der Waals surface area (Å²) in [6.45, 7) is 1.41. The van der Waals surface area contributed by atoms with Gasteiger partial charge in [-0.3, -0.25) is 4.57 Å². The van der Waals surface area contributed by atoms with E-state index < -0.39 is 19.5 Å². The van der Waals surface area contributed by atoms with Crippen molar-refractivity contribution in [3.63, 3.8) is 0 Å². The van der Waals surface area contributed by atoms with Crippen LogP contribution in [0.4, 0.5) is 0 Å². The quantitative estimate of drug-likeness (QED) is 0.278. The minimum Gasteiger partial charge on any atom is -0.393 e. The van der Waals surface area contributed by atoms with Gasteiger partial charge in [0, 0.05) is 0 Å². The van der Waals surface area contributed by atoms with E-state index in [1.165, 1.54) is 31.8 Å². The molecule has 0 aromatic heterocycles. The number of unbranched alkanes of at least 4 members (excludes halogenated alkanes) is 6. The second-order valence-electron chi connectivity index (χ2n) is 4.65. The zero-order valence-corrected chi connectivity index (χ0v) is 12.0. The van der Waals surface area contributed by atoms with E-state index in [1.54, 1.807) is 6.08 Å². The van der Waals surface area contributed by atoms with Crippen LogP contribution in [-0.4, -0.2) is 26.8 Å². The Morgan fingerprint density at radius 2 is 1.72 bits per heavy atom. The molecular weight excluding hydrogens is 253 g/mol. The topological polar surface area (TPSA) is 104 Å². The van der Waals surface area contributed by atoms with Crippen LogP contribution in [0, 0.1) is 0 Å². The molecular formula is C12H26NO4P. The van der Waals surface area contributed by atoms with E-state index >= 15 is 0 Å². The monoisotopic (exact) mass is 279 g/mol. The standard InChI is InChI=1S/C12H26NO4P/c1-2-3-4-5-6-7-8-9-10-12(13,11-14)18(15,16)17/h9-10,14H,2-8,11,13H2,1H3,(H2,15,16,17)/b10-9+. The Morgan fingerprint density at radius 1 is 1.17 bits per heavy atom. The molecule has 0 aromatic rings. The summed E-state index contributed by atoms with van der Waals surface area (Å²) in [5.41, 5.74) is 5.45. The van der Waals surface area contributed by atoms with Crippen LogP contribution in [0.3, 0.4) is 0 Å². The van der Waals surface area contributed by atoms with Gasteiger partial charge in [-0.25, -0.2) is 0 Å². The Labute approximate surface area is 109 Å². The van der Waals surface area contributed by atoms with Crippen molar-refractivity contribution in [2.24, 2.45) is 5.73 Å². The summed E-state index contributed by atoms with van der Waals surface area (Å²) >= 11 is 0. The molecule has 0 aromatic carbocycles. The molecule has 1 atom stereocenters. The predicted molar refractivity (Wildman–Crippen MR) is 73.2 cm³/mol. The number of hydrogen-bond acceptors (Lipinski definition) is 3. The maximum atomic E-state index is 11.1. The molecule has 0 spiro atoms. The van der Waals surface area contributed by atoms with Crippen molar-refractivity contribution in [1.29, 1.82) is 0 Å². The number of rotatable bonds is 10. The highest BCUT2D eigenvalue weighted by Crippen LogP contribution is 2.47. The zero-order chi connectivity index (χ0) is 14.1. The lowest BCUT2D eigenvalue weighted by molar-refractivity contribution is 0.236. The highest BCUT2D eigenvalue weighted by molar-refractivity contribution is 7.53. The molecule has 5 nitrogen and oxygen atoms in total. The van der Waals surface area contributed by atoms with E-state index in [0.29, 0.717) is 0 Å². The van der Waals surface area contributed by atoms with E-state index in [2.05, 4.69) is 6.92 Å². The molecule has 0 amide bonds. The van der Waals surface area contributed by atoms with Crippen molar-refractivity contribution in [1.82, 2.24) is 0 Å². The second kappa shape index (κ2) is 8.83. The maximum Gasteiger partial charge on any atom is 0.351 e. The van der Waals surface area contributed by atoms with E-state index in [-0.39, 0.29) is 0 Å². The Bertz CT molecular complexity index is 290. The Morgan fingerprint density at radius 3 is 2.22 bits per heavy atom. The molecule has 0 heterocycles. The summed E-state index contributed by atoms with van der Waals surface area (Å²) in [7, 11) is -4.52. The van der Waals surface area contributed by atoms with Crippen LogP contribution in [0.2, 0.25) is 0 Å². The molecule has 5 N–H and O–H groups in total. The van der Waals surface area contributed by atoms with Gasteiger partial charge in [0.15, 0.2) is 5.28 Å². The number of allylic oxidation sites excluding steroid dienone is 1. The van der Waals surface area contributed by atoms with Crippen LogP contribution < -0.4 is 5.73 Å². The van der Waals surface area contributed by atoms with Crippen LogP contribution in [-0.2, 0) is 4.57 Å². The summed E-state index contributed by atoms with van der Waals surface area (Å²) in [4.78, 5) is 18.0. The first-order valence-corrected chi connectivity index (χ1v) is 8.11. The first kappa shape index (κ1) is 17.8. The van der Waals surface area contributed by atoms with E-state index in [9.17, 15) is 4.57 Å². The first-order chi connectivity index (χ1) is 8.37. The maximum absolute atomic E-state index is 11.1. The molecule has 1 unspecified atom stereocenters. The molecule has 6 heteroatoms. The summed E-state index contributed by atoms with van der Waals surface area (Å²) < 4.78 is 11.1. The lowest BCUT2D eigenvalue weighted by atomic mass is 10.1. The lowest BCUT2D eigenvalue weighted by Gasteiger charge is -2.24. The highest BCUT2D eigenvalue weighted by Gasteiger charge is 2.40. The molecule has 0 saturated heterocycles. The third-order valence-corrected chi connectivity index (χ3v) is 4.30. The Hall–Kier alpha value is -0.190. The highest BCUT2D eigenvalue weighted by atomic mass is 31.2. The average Bonchev–Trinajstić information content (AvgIpc) is 2.30. The van der Waals surface area contributed by atoms with Gasteiger partial charge in [-0.15, -0.1) is 0 Å². The lowest BCUT2D eigenvalue weighted by Crippen LogP contribution is -2.41. The van der Waals surface area contributed by atoms with E-state index in [4.69, 9.17) is 20.6 Å². The third kappa shape index (κ3) is 6.66. The molecule has 0 aliphatic rings. The normalized spacial score (nSPS) is 16.1. The molecule has 0 rings (SSSR count). The van der Waals surface area contributed by atoms with Crippen molar-refractivity contribution in [2.75, 3.05) is 6.61 Å². The van der Waals surface area contributed by atoms with E-state index in [0.717, 1.165) is 19.3 Å². The van der Waals surface area contributed by atoms with Crippen molar-refractivity contribution in [2.45, 2.75) is 57.1 Å². The smallest absolute Gasteiger partial charge is 0.351 e. The molecule has 0 aliphatic carbocycles. The van der Waals surface area contributed by atoms with Gasteiger partial charge in [-0.1, -0.05) is 51.2 Å². The SMILES string of the molecule is CCCCCCCC/C=C/C(N)(CO)P(=O)(O)O. The molecule has 0 fully saturated rings.